The Labute approximate surface area is 287 Å². The fourth-order valence-electron chi connectivity index (χ4n) is 8.13. The van der Waals surface area contributed by atoms with Crippen molar-refractivity contribution < 1.29 is 27.8 Å². The summed E-state index contributed by atoms with van der Waals surface area (Å²) in [6.07, 6.45) is 0.173. The average molecular weight is 777 g/mol. The van der Waals surface area contributed by atoms with Crippen LogP contribution in [0.25, 0.3) is 44.1 Å². The first-order valence-corrected chi connectivity index (χ1v) is 17.2. The molecule has 3 atom stereocenters. The van der Waals surface area contributed by atoms with Gasteiger partial charge in [0, 0.05) is 54.7 Å². The molecule has 0 amide bonds. The molecule has 3 fully saturated rings. The predicted molar refractivity (Wildman–Crippen MR) is 184 cm³/mol. The Morgan fingerprint density at radius 3 is 2.90 bits per heavy atom. The Kier molecular flexibility index (Phi) is 7.76. The van der Waals surface area contributed by atoms with Crippen LogP contribution in [0.1, 0.15) is 43.7 Å². The standard InChI is InChI=1S/C33H36F3IN8O3/c1-17-11-20-23(28(37)42-41-20)24(21(17)27(35)36)25-26-19(5-7-38-25)22-29(43(26)3)39-31(40-30(22)44-9-10-47-15-32(2,46)14-44)48-16-33-6-4-8-45(33)13-18(34)12-33/h5,7,11,18,27,46H,4,6,8-10,12-16H2,1-3H3,(H,41,42)/t18-,32+,33+/m1/s1. The van der Waals surface area contributed by atoms with Gasteiger partial charge >= 0.3 is 6.01 Å². The van der Waals surface area contributed by atoms with Crippen molar-refractivity contribution in [2.24, 2.45) is 7.05 Å². The Morgan fingerprint density at radius 2 is 2.08 bits per heavy atom. The molecule has 3 aliphatic rings. The quantitative estimate of drug-likeness (QED) is 0.217. The largest absolute Gasteiger partial charge is 0.461 e. The number of fused-ring (bicyclic) bond motifs is 5. The number of hydrogen-bond acceptors (Lipinski definition) is 9. The van der Waals surface area contributed by atoms with Crippen LogP contribution in [0, 0.1) is 10.6 Å². The van der Waals surface area contributed by atoms with Crippen LogP contribution in [0.4, 0.5) is 19.0 Å². The summed E-state index contributed by atoms with van der Waals surface area (Å²) in [4.78, 5) is 18.7. The summed E-state index contributed by atoms with van der Waals surface area (Å²) in [5.74, 6) is 0.528. The van der Waals surface area contributed by atoms with Crippen LogP contribution in [0.5, 0.6) is 6.01 Å². The molecule has 0 spiro atoms. The van der Waals surface area contributed by atoms with E-state index in [4.69, 9.17) is 24.4 Å². The van der Waals surface area contributed by atoms with Gasteiger partial charge in [-0.15, -0.1) is 0 Å². The van der Waals surface area contributed by atoms with Crippen molar-refractivity contribution >= 4 is 61.2 Å². The molecule has 2 N–H and O–H groups in total. The summed E-state index contributed by atoms with van der Waals surface area (Å²) in [5.41, 5.74) is 1.12. The number of halogens is 4. The lowest BCUT2D eigenvalue weighted by Gasteiger charge is -2.31. The fraction of sp³-hybridized carbons (Fsp3) is 0.515. The summed E-state index contributed by atoms with van der Waals surface area (Å²) in [6.45, 7) is 6.06. The second-order valence-electron chi connectivity index (χ2n) is 13.7. The number of aromatic amines is 1. The molecule has 8 rings (SSSR count). The molecule has 1 aromatic carbocycles. The predicted octanol–water partition coefficient (Wildman–Crippen LogP) is 5.45. The summed E-state index contributed by atoms with van der Waals surface area (Å²) >= 11 is 2.08. The number of ether oxygens (including phenoxy) is 2. The van der Waals surface area contributed by atoms with E-state index in [0.717, 1.165) is 19.4 Å². The van der Waals surface area contributed by atoms with Crippen molar-refractivity contribution in [3.8, 4) is 17.3 Å². The van der Waals surface area contributed by atoms with Crippen LogP contribution in [0.15, 0.2) is 18.3 Å². The highest BCUT2D eigenvalue weighted by Crippen LogP contribution is 2.45. The van der Waals surface area contributed by atoms with E-state index in [2.05, 4.69) is 37.7 Å². The third kappa shape index (κ3) is 5.10. The monoisotopic (exact) mass is 776 g/mol. The fourth-order valence-corrected chi connectivity index (χ4v) is 8.79. The van der Waals surface area contributed by atoms with E-state index in [1.807, 2.05) is 22.6 Å². The third-order valence-electron chi connectivity index (χ3n) is 10.2. The summed E-state index contributed by atoms with van der Waals surface area (Å²) in [7, 11) is 1.83. The van der Waals surface area contributed by atoms with Gasteiger partial charge < -0.3 is 24.0 Å². The number of alkyl halides is 3. The van der Waals surface area contributed by atoms with E-state index in [1.54, 1.807) is 26.1 Å². The van der Waals surface area contributed by atoms with Gasteiger partial charge in [-0.2, -0.15) is 15.1 Å². The number of benzene rings is 1. The van der Waals surface area contributed by atoms with Crippen molar-refractivity contribution in [1.82, 2.24) is 34.6 Å². The van der Waals surface area contributed by atoms with Crippen molar-refractivity contribution in [2.45, 2.75) is 56.8 Å². The highest BCUT2D eigenvalue weighted by Gasteiger charge is 2.49. The lowest BCUT2D eigenvalue weighted by atomic mass is 9.94. The Bertz CT molecular complexity index is 2070. The normalized spacial score (nSPS) is 25.2. The Hall–Kier alpha value is -3.28. The van der Waals surface area contributed by atoms with E-state index >= 15 is 0 Å². The van der Waals surface area contributed by atoms with Crippen molar-refractivity contribution in [3.05, 3.63) is 33.2 Å². The molecular formula is C33H36F3IN8O3. The highest BCUT2D eigenvalue weighted by molar-refractivity contribution is 14.1. The average Bonchev–Trinajstić information content (AvgIpc) is 3.73. The van der Waals surface area contributed by atoms with Gasteiger partial charge in [-0.1, -0.05) is 0 Å². The number of hydrogen-bond donors (Lipinski definition) is 2. The van der Waals surface area contributed by atoms with Gasteiger partial charge in [-0.05, 0) is 73.5 Å². The third-order valence-corrected chi connectivity index (χ3v) is 11.0. The smallest absolute Gasteiger partial charge is 0.320 e. The van der Waals surface area contributed by atoms with Crippen LogP contribution in [-0.4, -0.2) is 103 Å². The maximum atomic E-state index is 14.9. The van der Waals surface area contributed by atoms with Gasteiger partial charge in [0.1, 0.15) is 33.5 Å². The molecule has 0 saturated carbocycles. The van der Waals surface area contributed by atoms with Crippen LogP contribution in [0.3, 0.4) is 0 Å². The van der Waals surface area contributed by atoms with Gasteiger partial charge in [-0.3, -0.25) is 15.0 Å². The van der Waals surface area contributed by atoms with E-state index in [9.17, 15) is 18.3 Å². The number of anilines is 1. The molecule has 0 aliphatic carbocycles. The van der Waals surface area contributed by atoms with Crippen LogP contribution in [-0.2, 0) is 11.8 Å². The van der Waals surface area contributed by atoms with E-state index < -0.39 is 23.7 Å². The minimum absolute atomic E-state index is 0.105. The van der Waals surface area contributed by atoms with Gasteiger partial charge in [0.2, 0.25) is 0 Å². The summed E-state index contributed by atoms with van der Waals surface area (Å²) in [5, 5.41) is 20.4. The molecule has 0 bridgehead atoms. The number of nitrogens with one attached hydrogen (secondary N) is 1. The molecule has 4 aromatic heterocycles. The second-order valence-corrected chi connectivity index (χ2v) is 14.8. The molecule has 3 saturated heterocycles. The number of aromatic nitrogens is 6. The number of H-pyrrole nitrogens is 1. The number of aliphatic hydroxyl groups is 1. The second kappa shape index (κ2) is 11.7. The molecule has 254 valence electrons. The number of rotatable bonds is 6. The molecular weight excluding hydrogens is 740 g/mol. The molecule has 3 aliphatic heterocycles. The molecule has 0 radical (unpaired) electrons. The topological polar surface area (TPSA) is 117 Å². The van der Waals surface area contributed by atoms with E-state index in [1.165, 1.54) is 0 Å². The zero-order valence-corrected chi connectivity index (χ0v) is 29.0. The molecule has 11 nitrogen and oxygen atoms in total. The van der Waals surface area contributed by atoms with Crippen LogP contribution >= 0.6 is 22.6 Å². The maximum Gasteiger partial charge on any atom is 0.320 e. The summed E-state index contributed by atoms with van der Waals surface area (Å²) < 4.78 is 58.9. The first kappa shape index (κ1) is 32.0. The maximum absolute atomic E-state index is 14.9. The molecule has 5 aromatic rings. The van der Waals surface area contributed by atoms with E-state index in [0.29, 0.717) is 85.3 Å². The van der Waals surface area contributed by atoms with Crippen molar-refractivity contribution in [3.63, 3.8) is 0 Å². The molecule has 7 heterocycles. The Morgan fingerprint density at radius 1 is 1.25 bits per heavy atom. The SMILES string of the molecule is Cc1cc2n[nH]c(I)c2c(-c2nccc3c4c(N5CCOC[C@@](C)(O)C5)nc(OC[C@@]56CCCN5C[C@H](F)C6)nc4n(C)c23)c1C(F)F. The molecule has 0 unspecified atom stereocenters. The first-order chi connectivity index (χ1) is 23.0. The zero-order chi connectivity index (χ0) is 33.5. The van der Waals surface area contributed by atoms with Crippen molar-refractivity contribution in [1.29, 1.82) is 0 Å². The van der Waals surface area contributed by atoms with Gasteiger partial charge in [0.05, 0.1) is 47.4 Å². The van der Waals surface area contributed by atoms with Gasteiger partial charge in [0.25, 0.3) is 6.43 Å². The lowest BCUT2D eigenvalue weighted by Crippen LogP contribution is -2.44. The minimum Gasteiger partial charge on any atom is -0.461 e. The molecule has 15 heteroatoms. The zero-order valence-electron chi connectivity index (χ0n) is 26.9. The lowest BCUT2D eigenvalue weighted by molar-refractivity contribution is -0.0123. The van der Waals surface area contributed by atoms with Crippen molar-refractivity contribution in [2.75, 3.05) is 50.9 Å². The number of β-amino-alcohol motifs (C(OH)–C–C–N with tert-alkyl or cyclic N) is 1. The number of nitrogens with zero attached hydrogens (tertiary/aromatic N) is 7. The minimum atomic E-state index is -2.76. The van der Waals surface area contributed by atoms with Gasteiger partial charge in [-0.25, -0.2) is 13.2 Å². The van der Waals surface area contributed by atoms with Gasteiger partial charge in [0.15, 0.2) is 0 Å². The first-order valence-electron chi connectivity index (χ1n) is 16.1. The number of aryl methyl sites for hydroxylation is 2. The van der Waals surface area contributed by atoms with E-state index in [-0.39, 0.29) is 31.3 Å². The van der Waals surface area contributed by atoms with Crippen LogP contribution in [0.2, 0.25) is 0 Å². The Balaban J connectivity index is 1.36. The summed E-state index contributed by atoms with van der Waals surface area (Å²) in [6, 6.07) is 3.63. The molecule has 48 heavy (non-hydrogen) atoms. The highest BCUT2D eigenvalue weighted by atomic mass is 127. The number of pyridine rings is 1. The van der Waals surface area contributed by atoms with Crippen LogP contribution < -0.4 is 9.64 Å².